The molecule has 1 fully saturated rings. The maximum atomic E-state index is 9.89. The third kappa shape index (κ3) is 1.99. The molecule has 1 aliphatic rings. The van der Waals surface area contributed by atoms with E-state index in [0.29, 0.717) is 6.41 Å². The van der Waals surface area contributed by atoms with Crippen LogP contribution >= 0.6 is 0 Å². The first kappa shape index (κ1) is 6.51. The molecular weight excluding hydrogens is 118 g/mol. The number of carbonyl (C=O) groups is 1. The molecule has 1 rings (SSSR count). The molecule has 1 amide bonds. The fourth-order valence-corrected chi connectivity index (χ4v) is 0.810. The Morgan fingerprint density at radius 2 is 2.11 bits per heavy atom. The lowest BCUT2D eigenvalue weighted by Gasteiger charge is -2.24. The van der Waals surface area contributed by atoms with E-state index >= 15 is 0 Å². The molecular formula is C5H10N3O. The van der Waals surface area contributed by atoms with Crippen LogP contribution in [0.15, 0.2) is 0 Å². The van der Waals surface area contributed by atoms with Crippen LogP contribution in [0.2, 0.25) is 0 Å². The van der Waals surface area contributed by atoms with Crippen LogP contribution in [0.25, 0.3) is 0 Å². The van der Waals surface area contributed by atoms with Crippen molar-refractivity contribution in [1.29, 1.82) is 0 Å². The summed E-state index contributed by atoms with van der Waals surface area (Å²) >= 11 is 0. The van der Waals surface area contributed by atoms with Crippen molar-refractivity contribution in [3.63, 3.8) is 0 Å². The van der Waals surface area contributed by atoms with Crippen LogP contribution in [-0.4, -0.2) is 37.6 Å². The van der Waals surface area contributed by atoms with Gasteiger partial charge in [0.1, 0.15) is 0 Å². The molecule has 0 spiro atoms. The fraction of sp³-hybridized carbons (Fsp3) is 0.800. The van der Waals surface area contributed by atoms with Crippen LogP contribution in [0.3, 0.4) is 0 Å². The number of hydrazine groups is 1. The highest BCUT2D eigenvalue weighted by Gasteiger charge is 2.07. The van der Waals surface area contributed by atoms with E-state index < -0.39 is 0 Å². The van der Waals surface area contributed by atoms with Gasteiger partial charge in [-0.2, -0.15) is 0 Å². The van der Waals surface area contributed by atoms with Crippen LogP contribution in [0.1, 0.15) is 0 Å². The highest BCUT2D eigenvalue weighted by Crippen LogP contribution is 1.85. The largest absolute Gasteiger partial charge is 0.291 e. The molecule has 0 aromatic heterocycles. The van der Waals surface area contributed by atoms with Crippen molar-refractivity contribution in [2.45, 2.75) is 0 Å². The summed E-state index contributed by atoms with van der Waals surface area (Å²) in [6, 6.07) is 0. The summed E-state index contributed by atoms with van der Waals surface area (Å²) in [5.41, 5.74) is 2.58. The summed E-state index contributed by atoms with van der Waals surface area (Å²) < 4.78 is 0. The smallest absolute Gasteiger partial charge is 0.221 e. The Bertz CT molecular complexity index is 90.2. The molecule has 1 aliphatic heterocycles. The van der Waals surface area contributed by atoms with Crippen LogP contribution in [-0.2, 0) is 4.79 Å². The second kappa shape index (κ2) is 3.42. The molecule has 0 atom stereocenters. The van der Waals surface area contributed by atoms with Gasteiger partial charge in [0.2, 0.25) is 6.41 Å². The molecule has 4 nitrogen and oxygen atoms in total. The molecule has 0 saturated carbocycles. The van der Waals surface area contributed by atoms with Crippen molar-refractivity contribution in [2.24, 2.45) is 0 Å². The number of amides is 1. The number of nitrogens with one attached hydrogen (secondary N) is 1. The van der Waals surface area contributed by atoms with Gasteiger partial charge in [-0.1, -0.05) is 0 Å². The summed E-state index contributed by atoms with van der Waals surface area (Å²) in [5.74, 6) is 0. The summed E-state index contributed by atoms with van der Waals surface area (Å²) in [6.07, 6.45) is 0.700. The van der Waals surface area contributed by atoms with Crippen molar-refractivity contribution in [1.82, 2.24) is 15.8 Å². The lowest BCUT2D eigenvalue weighted by Crippen LogP contribution is -2.47. The van der Waals surface area contributed by atoms with Gasteiger partial charge in [-0.15, -0.1) is 0 Å². The lowest BCUT2D eigenvalue weighted by atomic mass is 10.4. The number of carbonyl (C=O) groups excluding carboxylic acids is 1. The van der Waals surface area contributed by atoms with Crippen molar-refractivity contribution >= 4 is 6.41 Å². The number of rotatable bonds is 2. The molecule has 0 aromatic carbocycles. The van der Waals surface area contributed by atoms with Gasteiger partial charge < -0.3 is 0 Å². The molecule has 1 heterocycles. The predicted molar refractivity (Wildman–Crippen MR) is 32.6 cm³/mol. The van der Waals surface area contributed by atoms with Gasteiger partial charge in [-0.3, -0.25) is 10.2 Å². The van der Waals surface area contributed by atoms with Gasteiger partial charge in [0.15, 0.2) is 0 Å². The third-order valence-electron chi connectivity index (χ3n) is 1.29. The first-order valence-corrected chi connectivity index (χ1v) is 3.01. The maximum absolute atomic E-state index is 9.89. The molecule has 9 heavy (non-hydrogen) atoms. The van der Waals surface area contributed by atoms with Crippen molar-refractivity contribution in [3.8, 4) is 0 Å². The maximum Gasteiger partial charge on any atom is 0.221 e. The number of hydrogen-bond acceptors (Lipinski definition) is 2. The van der Waals surface area contributed by atoms with Gasteiger partial charge in [0.25, 0.3) is 0 Å². The van der Waals surface area contributed by atoms with E-state index in [0.717, 1.165) is 26.2 Å². The first-order chi connectivity index (χ1) is 4.43. The van der Waals surface area contributed by atoms with Crippen LogP contribution in [0.4, 0.5) is 0 Å². The normalized spacial score (nSPS) is 21.3. The van der Waals surface area contributed by atoms with E-state index in [9.17, 15) is 4.79 Å². The minimum Gasteiger partial charge on any atom is -0.291 e. The Morgan fingerprint density at radius 1 is 1.44 bits per heavy atom. The van der Waals surface area contributed by atoms with Crippen LogP contribution < -0.4 is 10.7 Å². The Balaban J connectivity index is 2.15. The average molecular weight is 128 g/mol. The molecule has 51 valence electrons. The molecule has 0 unspecified atom stereocenters. The van der Waals surface area contributed by atoms with E-state index in [-0.39, 0.29) is 0 Å². The zero-order chi connectivity index (χ0) is 6.53. The monoisotopic (exact) mass is 128 g/mol. The molecule has 0 aliphatic carbocycles. The van der Waals surface area contributed by atoms with Crippen molar-refractivity contribution in [2.75, 3.05) is 26.2 Å². The van der Waals surface area contributed by atoms with Gasteiger partial charge in [-0.25, -0.2) is 10.3 Å². The lowest BCUT2D eigenvalue weighted by molar-refractivity contribution is -0.114. The summed E-state index contributed by atoms with van der Waals surface area (Å²) in [4.78, 5) is 9.89. The molecule has 0 aromatic rings. The van der Waals surface area contributed by atoms with Crippen LogP contribution in [0.5, 0.6) is 0 Å². The van der Waals surface area contributed by atoms with E-state index in [1.165, 1.54) is 0 Å². The topological polar surface area (TPSA) is 46.4 Å². The number of nitrogens with zero attached hydrogens (tertiary/aromatic N) is 2. The molecule has 4 heteroatoms. The minimum absolute atomic E-state index is 0.700. The Morgan fingerprint density at radius 3 is 2.67 bits per heavy atom. The van der Waals surface area contributed by atoms with Crippen LogP contribution in [0, 0.1) is 0 Å². The SMILES string of the molecule is O=CNN1CC[N]CC1. The van der Waals surface area contributed by atoms with Gasteiger partial charge in [0, 0.05) is 26.2 Å². The van der Waals surface area contributed by atoms with Gasteiger partial charge in [0.05, 0.1) is 0 Å². The van der Waals surface area contributed by atoms with E-state index in [4.69, 9.17) is 0 Å². The Hall–Kier alpha value is -0.610. The molecule has 1 radical (unpaired) electrons. The summed E-state index contributed by atoms with van der Waals surface area (Å²) in [7, 11) is 0. The standard InChI is InChI=1S/C5H10N3O/c9-5-7-8-3-1-6-2-4-8/h5H,1-4H2,(H,7,9). The molecule has 1 saturated heterocycles. The first-order valence-electron chi connectivity index (χ1n) is 3.01. The quantitative estimate of drug-likeness (QED) is 0.463. The second-order valence-corrected chi connectivity index (χ2v) is 1.90. The van der Waals surface area contributed by atoms with Crippen molar-refractivity contribution < 1.29 is 4.79 Å². The average Bonchev–Trinajstić information content (AvgIpc) is 1.91. The highest BCUT2D eigenvalue weighted by atomic mass is 16.1. The van der Waals surface area contributed by atoms with E-state index in [1.54, 1.807) is 0 Å². The fourth-order valence-electron chi connectivity index (χ4n) is 0.810. The highest BCUT2D eigenvalue weighted by molar-refractivity contribution is 5.44. The number of hydrogen-bond donors (Lipinski definition) is 1. The second-order valence-electron chi connectivity index (χ2n) is 1.90. The van der Waals surface area contributed by atoms with Gasteiger partial charge in [-0.05, 0) is 0 Å². The Kier molecular flexibility index (Phi) is 2.48. The minimum atomic E-state index is 0.700. The van der Waals surface area contributed by atoms with E-state index in [1.807, 2.05) is 5.01 Å². The third-order valence-corrected chi connectivity index (χ3v) is 1.29. The van der Waals surface area contributed by atoms with Crippen molar-refractivity contribution in [3.05, 3.63) is 0 Å². The molecule has 1 N–H and O–H groups in total. The predicted octanol–water partition coefficient (Wildman–Crippen LogP) is -1.43. The summed E-state index contributed by atoms with van der Waals surface area (Å²) in [6.45, 7) is 3.36. The Labute approximate surface area is 54.2 Å². The van der Waals surface area contributed by atoms with Gasteiger partial charge >= 0.3 is 0 Å². The summed E-state index contributed by atoms with van der Waals surface area (Å²) in [5, 5.41) is 5.97. The van der Waals surface area contributed by atoms with E-state index in [2.05, 4.69) is 10.7 Å². The zero-order valence-electron chi connectivity index (χ0n) is 5.21. The number of piperazine rings is 1. The molecule has 0 bridgehead atoms. The zero-order valence-corrected chi connectivity index (χ0v) is 5.21.